The topological polar surface area (TPSA) is 68.3 Å². The number of halogens is 7. The SMILES string of the molecule is Cc1c(F)ccc(CN2CCN(C(=O)OC(C(F)(F)F)C(F)(F)F)CC2)c1OCOC(=O)C1CC1. The van der Waals surface area contributed by atoms with Crippen molar-refractivity contribution in [2.24, 2.45) is 5.92 Å². The summed E-state index contributed by atoms with van der Waals surface area (Å²) in [5.74, 6) is -0.929. The van der Waals surface area contributed by atoms with Crippen LogP contribution in [0.3, 0.4) is 0 Å². The van der Waals surface area contributed by atoms with Crippen molar-refractivity contribution >= 4 is 12.1 Å². The van der Waals surface area contributed by atoms with Crippen LogP contribution in [0.5, 0.6) is 5.75 Å². The maximum atomic E-state index is 14.1. The van der Waals surface area contributed by atoms with Crippen molar-refractivity contribution in [3.05, 3.63) is 29.1 Å². The van der Waals surface area contributed by atoms with Crippen molar-refractivity contribution in [3.8, 4) is 5.75 Å². The first kappa shape index (κ1) is 26.8. The molecule has 0 bridgehead atoms. The maximum absolute atomic E-state index is 14.1. The Labute approximate surface area is 195 Å². The van der Waals surface area contributed by atoms with Crippen LogP contribution in [0.25, 0.3) is 0 Å². The normalized spacial score (nSPS) is 17.5. The number of carbonyl (C=O) groups is 2. The fourth-order valence-electron chi connectivity index (χ4n) is 3.46. The summed E-state index contributed by atoms with van der Waals surface area (Å²) >= 11 is 0. The van der Waals surface area contributed by atoms with E-state index in [0.717, 1.165) is 17.7 Å². The third-order valence-electron chi connectivity index (χ3n) is 5.57. The predicted molar refractivity (Wildman–Crippen MR) is 105 cm³/mol. The maximum Gasteiger partial charge on any atom is 0.434 e. The molecule has 196 valence electrons. The Hall–Kier alpha value is -2.77. The highest BCUT2D eigenvalue weighted by Gasteiger charge is 2.60. The van der Waals surface area contributed by atoms with Crippen LogP contribution >= 0.6 is 0 Å². The van der Waals surface area contributed by atoms with Gasteiger partial charge in [-0.05, 0) is 25.8 Å². The molecule has 1 saturated heterocycles. The molecular weight excluding hydrogens is 493 g/mol. The van der Waals surface area contributed by atoms with E-state index in [0.29, 0.717) is 5.56 Å². The summed E-state index contributed by atoms with van der Waals surface area (Å²) < 4.78 is 104. The van der Waals surface area contributed by atoms with E-state index in [1.165, 1.54) is 19.1 Å². The van der Waals surface area contributed by atoms with Gasteiger partial charge in [-0.15, -0.1) is 0 Å². The summed E-state index contributed by atoms with van der Waals surface area (Å²) in [6.07, 6.45) is -16.0. The Kier molecular flexibility index (Phi) is 8.02. The standard InChI is InChI=1S/C21H23F7N2O5/c1-12-15(22)5-4-14(16(12)33-11-34-17(31)13-2-3-13)10-29-6-8-30(9-7-29)19(32)35-18(20(23,24)25)21(26,27)28/h4-5,13,18H,2-3,6-11H2,1H3. The van der Waals surface area contributed by atoms with Gasteiger partial charge in [-0.1, -0.05) is 6.07 Å². The van der Waals surface area contributed by atoms with E-state index in [-0.39, 0.29) is 50.0 Å². The number of benzene rings is 1. The van der Waals surface area contributed by atoms with Crippen molar-refractivity contribution in [3.63, 3.8) is 0 Å². The molecule has 2 fully saturated rings. The lowest BCUT2D eigenvalue weighted by Gasteiger charge is -2.35. The zero-order valence-corrected chi connectivity index (χ0v) is 18.5. The molecule has 2 aliphatic rings. The average molecular weight is 516 g/mol. The molecule has 7 nitrogen and oxygen atoms in total. The molecule has 0 aromatic heterocycles. The van der Waals surface area contributed by atoms with Crippen molar-refractivity contribution < 1.29 is 54.5 Å². The fourth-order valence-corrected chi connectivity index (χ4v) is 3.46. The van der Waals surface area contributed by atoms with Crippen LogP contribution in [-0.4, -0.2) is 73.3 Å². The highest BCUT2D eigenvalue weighted by Crippen LogP contribution is 2.36. The third kappa shape index (κ3) is 7.12. The van der Waals surface area contributed by atoms with E-state index in [9.17, 15) is 40.3 Å². The summed E-state index contributed by atoms with van der Waals surface area (Å²) in [5, 5.41) is 0. The van der Waals surface area contributed by atoms with Gasteiger partial charge in [0, 0.05) is 43.9 Å². The van der Waals surface area contributed by atoms with E-state index in [1.807, 2.05) is 0 Å². The van der Waals surface area contributed by atoms with Crippen molar-refractivity contribution in [2.45, 2.75) is 44.8 Å². The van der Waals surface area contributed by atoms with Crippen molar-refractivity contribution in [2.75, 3.05) is 33.0 Å². The molecule has 0 N–H and O–H groups in total. The Morgan fingerprint density at radius 2 is 1.63 bits per heavy atom. The first-order valence-corrected chi connectivity index (χ1v) is 10.7. The van der Waals surface area contributed by atoms with E-state index in [4.69, 9.17) is 9.47 Å². The largest absolute Gasteiger partial charge is 0.457 e. The third-order valence-corrected chi connectivity index (χ3v) is 5.57. The van der Waals surface area contributed by atoms with Crippen LogP contribution in [0.4, 0.5) is 35.5 Å². The van der Waals surface area contributed by atoms with Crippen LogP contribution in [-0.2, 0) is 20.8 Å². The quantitative estimate of drug-likeness (QED) is 0.308. The molecule has 0 spiro atoms. The summed E-state index contributed by atoms with van der Waals surface area (Å²) in [6, 6.07) is 2.67. The molecule has 1 aromatic carbocycles. The molecule has 1 aliphatic heterocycles. The first-order chi connectivity index (χ1) is 16.3. The number of carbonyl (C=O) groups excluding carboxylic acids is 2. The van der Waals surface area contributed by atoms with Gasteiger partial charge < -0.3 is 19.1 Å². The number of amides is 1. The van der Waals surface area contributed by atoms with Gasteiger partial charge in [0.15, 0.2) is 0 Å². The second kappa shape index (κ2) is 10.5. The molecule has 14 heteroatoms. The monoisotopic (exact) mass is 516 g/mol. The zero-order valence-electron chi connectivity index (χ0n) is 18.5. The summed E-state index contributed by atoms with van der Waals surface area (Å²) in [5.41, 5.74) is 0.703. The summed E-state index contributed by atoms with van der Waals surface area (Å²) in [4.78, 5) is 26.1. The molecule has 3 rings (SSSR count). The molecule has 1 saturated carbocycles. The lowest BCUT2D eigenvalue weighted by atomic mass is 10.1. The minimum absolute atomic E-state index is 0.102. The summed E-state index contributed by atoms with van der Waals surface area (Å²) in [7, 11) is 0. The Morgan fingerprint density at radius 3 is 2.17 bits per heavy atom. The number of ether oxygens (including phenoxy) is 3. The number of rotatable bonds is 7. The number of alkyl halides is 6. The molecule has 1 aromatic rings. The summed E-state index contributed by atoms with van der Waals surface area (Å²) in [6.45, 7) is 1.08. The first-order valence-electron chi connectivity index (χ1n) is 10.7. The van der Waals surface area contributed by atoms with E-state index < -0.39 is 43.1 Å². The molecule has 0 radical (unpaired) electrons. The minimum Gasteiger partial charge on any atom is -0.457 e. The van der Waals surface area contributed by atoms with Gasteiger partial charge in [0.25, 0.3) is 6.10 Å². The highest BCUT2D eigenvalue weighted by atomic mass is 19.4. The number of esters is 1. The van der Waals surface area contributed by atoms with Crippen LogP contribution in [0, 0.1) is 18.7 Å². The molecule has 1 heterocycles. The smallest absolute Gasteiger partial charge is 0.434 e. The van der Waals surface area contributed by atoms with Gasteiger partial charge in [-0.25, -0.2) is 9.18 Å². The number of hydrogen-bond acceptors (Lipinski definition) is 6. The molecular formula is C21H23F7N2O5. The van der Waals surface area contributed by atoms with Gasteiger partial charge in [0.05, 0.1) is 5.92 Å². The predicted octanol–water partition coefficient (Wildman–Crippen LogP) is 4.17. The van der Waals surface area contributed by atoms with Gasteiger partial charge in [-0.2, -0.15) is 26.3 Å². The zero-order chi connectivity index (χ0) is 26.0. The van der Waals surface area contributed by atoms with Crippen LogP contribution in [0.1, 0.15) is 24.0 Å². The van der Waals surface area contributed by atoms with Gasteiger partial charge in [0.1, 0.15) is 11.6 Å². The van der Waals surface area contributed by atoms with Crippen LogP contribution < -0.4 is 4.74 Å². The molecule has 35 heavy (non-hydrogen) atoms. The number of hydrogen-bond donors (Lipinski definition) is 0. The average Bonchev–Trinajstić information content (AvgIpc) is 3.61. The minimum atomic E-state index is -5.79. The van der Waals surface area contributed by atoms with E-state index in [2.05, 4.69) is 4.74 Å². The molecule has 1 aliphatic carbocycles. The highest BCUT2D eigenvalue weighted by molar-refractivity contribution is 5.74. The van der Waals surface area contributed by atoms with Gasteiger partial charge in [-0.3, -0.25) is 9.69 Å². The lowest BCUT2D eigenvalue weighted by molar-refractivity contribution is -0.308. The second-order valence-corrected chi connectivity index (χ2v) is 8.27. The molecule has 1 amide bonds. The van der Waals surface area contributed by atoms with E-state index >= 15 is 0 Å². The van der Waals surface area contributed by atoms with Gasteiger partial charge in [0.2, 0.25) is 6.79 Å². The second-order valence-electron chi connectivity index (χ2n) is 8.27. The lowest BCUT2D eigenvalue weighted by Crippen LogP contribution is -2.52. The van der Waals surface area contributed by atoms with Gasteiger partial charge >= 0.3 is 24.4 Å². The van der Waals surface area contributed by atoms with Crippen LogP contribution in [0.2, 0.25) is 0 Å². The van der Waals surface area contributed by atoms with Crippen LogP contribution in [0.15, 0.2) is 12.1 Å². The molecule has 0 unspecified atom stereocenters. The molecule has 0 atom stereocenters. The Bertz CT molecular complexity index is 912. The van der Waals surface area contributed by atoms with Crippen molar-refractivity contribution in [1.29, 1.82) is 0 Å². The fraction of sp³-hybridized carbons (Fsp3) is 0.619. The van der Waals surface area contributed by atoms with Crippen molar-refractivity contribution in [1.82, 2.24) is 9.80 Å². The number of piperazine rings is 1. The van der Waals surface area contributed by atoms with E-state index in [1.54, 1.807) is 4.90 Å². The Morgan fingerprint density at radius 1 is 1.03 bits per heavy atom. The number of nitrogens with zero attached hydrogens (tertiary/aromatic N) is 2. The Balaban J connectivity index is 1.56.